The molecule has 0 saturated heterocycles. The molecular formula is C22H19NO7S. The highest BCUT2D eigenvalue weighted by Gasteiger charge is 2.23. The molecule has 4 rings (SSSR count). The van der Waals surface area contributed by atoms with Crippen molar-refractivity contribution in [1.82, 2.24) is 0 Å². The van der Waals surface area contributed by atoms with Crippen molar-refractivity contribution in [3.63, 3.8) is 0 Å². The van der Waals surface area contributed by atoms with Crippen LogP contribution in [0, 0.1) is 0 Å². The lowest BCUT2D eigenvalue weighted by Crippen LogP contribution is -2.16. The predicted molar refractivity (Wildman–Crippen MR) is 117 cm³/mol. The van der Waals surface area contributed by atoms with Crippen molar-refractivity contribution < 1.29 is 27.4 Å². The molecule has 0 aliphatic rings. The number of benzene rings is 3. The number of fused-ring (bicyclic) bond motifs is 2. The molecule has 2 N–H and O–H groups in total. The van der Waals surface area contributed by atoms with Crippen molar-refractivity contribution >= 4 is 37.6 Å². The first-order valence-corrected chi connectivity index (χ1v) is 10.9. The van der Waals surface area contributed by atoms with Crippen LogP contribution in [0.1, 0.15) is 5.56 Å². The van der Waals surface area contributed by atoms with Crippen molar-refractivity contribution in [2.75, 3.05) is 18.9 Å². The molecular weight excluding hydrogens is 422 g/mol. The van der Waals surface area contributed by atoms with Gasteiger partial charge in [-0.15, -0.1) is 0 Å². The Labute approximate surface area is 177 Å². The number of phenols is 1. The quantitative estimate of drug-likeness (QED) is 0.439. The molecule has 0 fully saturated rings. The summed E-state index contributed by atoms with van der Waals surface area (Å²) >= 11 is 0. The summed E-state index contributed by atoms with van der Waals surface area (Å²) in [5.41, 5.74) is 0.251. The highest BCUT2D eigenvalue weighted by molar-refractivity contribution is 7.91. The van der Waals surface area contributed by atoms with E-state index >= 15 is 0 Å². The summed E-state index contributed by atoms with van der Waals surface area (Å²) in [5, 5.41) is 10.8. The first kappa shape index (κ1) is 20.5. The SMILES string of the molecule is COc1c(NS(=O)(=O)Cc2ccccc2)cc2oc3cccc(OC)c3c(=O)c2c1O. The van der Waals surface area contributed by atoms with Gasteiger partial charge in [0.15, 0.2) is 11.5 Å². The van der Waals surface area contributed by atoms with Crippen LogP contribution in [0.4, 0.5) is 5.69 Å². The number of ether oxygens (including phenoxy) is 2. The van der Waals surface area contributed by atoms with Crippen molar-refractivity contribution in [3.05, 3.63) is 70.4 Å². The largest absolute Gasteiger partial charge is 0.504 e. The van der Waals surface area contributed by atoms with E-state index in [1.54, 1.807) is 48.5 Å². The van der Waals surface area contributed by atoms with E-state index < -0.39 is 21.2 Å². The molecule has 160 valence electrons. The number of anilines is 1. The second-order valence-electron chi connectivity index (χ2n) is 6.79. The zero-order valence-electron chi connectivity index (χ0n) is 16.7. The molecule has 0 aliphatic carbocycles. The minimum Gasteiger partial charge on any atom is -0.504 e. The van der Waals surface area contributed by atoms with Crippen LogP contribution in [0.3, 0.4) is 0 Å². The maximum atomic E-state index is 13.1. The normalized spacial score (nSPS) is 11.5. The van der Waals surface area contributed by atoms with E-state index in [4.69, 9.17) is 13.9 Å². The molecule has 31 heavy (non-hydrogen) atoms. The lowest BCUT2D eigenvalue weighted by atomic mass is 10.1. The third-order valence-electron chi connectivity index (χ3n) is 4.77. The molecule has 0 spiro atoms. The Morgan fingerprint density at radius 1 is 0.968 bits per heavy atom. The number of hydrogen-bond acceptors (Lipinski definition) is 7. The number of methoxy groups -OCH3 is 2. The first-order valence-electron chi connectivity index (χ1n) is 9.22. The van der Waals surface area contributed by atoms with Gasteiger partial charge >= 0.3 is 0 Å². The van der Waals surface area contributed by atoms with Crippen LogP contribution >= 0.6 is 0 Å². The third kappa shape index (κ3) is 3.75. The molecule has 0 aliphatic heterocycles. The van der Waals surface area contributed by atoms with Gasteiger partial charge in [-0.3, -0.25) is 9.52 Å². The van der Waals surface area contributed by atoms with E-state index in [0.717, 1.165) is 0 Å². The fourth-order valence-electron chi connectivity index (χ4n) is 3.44. The molecule has 1 heterocycles. The maximum absolute atomic E-state index is 13.1. The summed E-state index contributed by atoms with van der Waals surface area (Å²) in [6.45, 7) is 0. The van der Waals surface area contributed by atoms with Gasteiger partial charge in [-0.1, -0.05) is 36.4 Å². The molecule has 1 aromatic heterocycles. The molecule has 9 heteroatoms. The van der Waals surface area contributed by atoms with E-state index in [9.17, 15) is 18.3 Å². The average molecular weight is 441 g/mol. The average Bonchev–Trinajstić information content (AvgIpc) is 2.73. The molecule has 8 nitrogen and oxygen atoms in total. The lowest BCUT2D eigenvalue weighted by Gasteiger charge is -2.15. The highest BCUT2D eigenvalue weighted by Crippen LogP contribution is 2.42. The second kappa shape index (κ2) is 7.84. The Morgan fingerprint density at radius 3 is 2.39 bits per heavy atom. The van der Waals surface area contributed by atoms with Crippen molar-refractivity contribution in [3.8, 4) is 17.2 Å². The van der Waals surface area contributed by atoms with E-state index in [1.807, 2.05) is 0 Å². The summed E-state index contributed by atoms with van der Waals surface area (Å²) in [5.74, 6) is -0.710. The van der Waals surface area contributed by atoms with Crippen LogP contribution in [0.15, 0.2) is 63.8 Å². The Morgan fingerprint density at radius 2 is 1.71 bits per heavy atom. The van der Waals surface area contributed by atoms with Gasteiger partial charge in [-0.2, -0.15) is 0 Å². The first-order chi connectivity index (χ1) is 14.8. The Bertz CT molecular complexity index is 1440. The number of nitrogens with one attached hydrogen (secondary N) is 1. The fourth-order valence-corrected chi connectivity index (χ4v) is 4.63. The maximum Gasteiger partial charge on any atom is 0.237 e. The van der Waals surface area contributed by atoms with E-state index in [-0.39, 0.29) is 39.1 Å². The summed E-state index contributed by atoms with van der Waals surface area (Å²) in [4.78, 5) is 13.1. The fraction of sp³-hybridized carbons (Fsp3) is 0.136. The standard InChI is InChI=1S/C22H19NO7S/c1-28-15-9-6-10-16-18(15)20(24)19-17(30-16)11-14(22(29-2)21(19)25)23-31(26,27)12-13-7-4-3-5-8-13/h3-11,23,25H,12H2,1-2H3. The second-order valence-corrected chi connectivity index (χ2v) is 8.51. The lowest BCUT2D eigenvalue weighted by molar-refractivity contribution is 0.378. The number of rotatable bonds is 6. The molecule has 0 radical (unpaired) electrons. The van der Waals surface area contributed by atoms with Crippen LogP contribution in [-0.4, -0.2) is 27.7 Å². The third-order valence-corrected chi connectivity index (χ3v) is 6.01. The van der Waals surface area contributed by atoms with Crippen molar-refractivity contribution in [1.29, 1.82) is 0 Å². The van der Waals surface area contributed by atoms with Gasteiger partial charge in [0.1, 0.15) is 27.7 Å². The van der Waals surface area contributed by atoms with Gasteiger partial charge in [0, 0.05) is 6.07 Å². The van der Waals surface area contributed by atoms with E-state index in [0.29, 0.717) is 11.3 Å². The van der Waals surface area contributed by atoms with Crippen LogP contribution in [0.25, 0.3) is 21.9 Å². The molecule has 0 bridgehead atoms. The molecule has 4 aromatic rings. The summed E-state index contributed by atoms with van der Waals surface area (Å²) in [6, 6.07) is 14.8. The number of sulfonamides is 1. The van der Waals surface area contributed by atoms with Crippen molar-refractivity contribution in [2.45, 2.75) is 5.75 Å². The van der Waals surface area contributed by atoms with E-state index in [1.165, 1.54) is 20.3 Å². The van der Waals surface area contributed by atoms with Crippen LogP contribution < -0.4 is 19.6 Å². The molecule has 0 saturated carbocycles. The molecule has 0 unspecified atom stereocenters. The van der Waals surface area contributed by atoms with Gasteiger partial charge in [-0.05, 0) is 17.7 Å². The zero-order valence-corrected chi connectivity index (χ0v) is 17.5. The van der Waals surface area contributed by atoms with Gasteiger partial charge in [0.2, 0.25) is 15.5 Å². The van der Waals surface area contributed by atoms with Crippen molar-refractivity contribution in [2.24, 2.45) is 0 Å². The zero-order chi connectivity index (χ0) is 22.2. The highest BCUT2D eigenvalue weighted by atomic mass is 32.2. The molecule has 3 aromatic carbocycles. The number of phenolic OH excluding ortho intramolecular Hbond substituents is 1. The Kier molecular flexibility index (Phi) is 5.20. The Balaban J connectivity index is 1.89. The predicted octanol–water partition coefficient (Wildman–Crippen LogP) is 3.61. The smallest absolute Gasteiger partial charge is 0.237 e. The minimum absolute atomic E-state index is 0.00136. The van der Waals surface area contributed by atoms with Gasteiger partial charge in [-0.25, -0.2) is 8.42 Å². The minimum atomic E-state index is -3.85. The monoisotopic (exact) mass is 441 g/mol. The molecule has 0 atom stereocenters. The summed E-state index contributed by atoms with van der Waals surface area (Å²) in [7, 11) is -1.17. The van der Waals surface area contributed by atoms with E-state index in [2.05, 4.69) is 4.72 Å². The Hall–Kier alpha value is -3.72. The van der Waals surface area contributed by atoms with Crippen LogP contribution in [0.5, 0.6) is 17.2 Å². The van der Waals surface area contributed by atoms with Crippen LogP contribution in [-0.2, 0) is 15.8 Å². The van der Waals surface area contributed by atoms with Crippen LogP contribution in [0.2, 0.25) is 0 Å². The summed E-state index contributed by atoms with van der Waals surface area (Å²) in [6.07, 6.45) is 0. The van der Waals surface area contributed by atoms with Gasteiger partial charge < -0.3 is 19.0 Å². The molecule has 0 amide bonds. The number of aromatic hydroxyl groups is 1. The van der Waals surface area contributed by atoms with Gasteiger partial charge in [0.25, 0.3) is 0 Å². The van der Waals surface area contributed by atoms with Gasteiger partial charge in [0.05, 0.1) is 25.7 Å². The summed E-state index contributed by atoms with van der Waals surface area (Å²) < 4.78 is 44.0. The number of hydrogen-bond donors (Lipinski definition) is 2. The topological polar surface area (TPSA) is 115 Å².